The maximum Gasteiger partial charge on any atom is 0.279 e. The highest BCUT2D eigenvalue weighted by Gasteiger charge is 2.21. The maximum atomic E-state index is 13.0. The first-order valence-corrected chi connectivity index (χ1v) is 12.9. The summed E-state index contributed by atoms with van der Waals surface area (Å²) in [6.07, 6.45) is 2.44. The van der Waals surface area contributed by atoms with Crippen LogP contribution in [0.1, 0.15) is 40.3 Å². The van der Waals surface area contributed by atoms with Gasteiger partial charge in [-0.05, 0) is 55.8 Å². The third kappa shape index (κ3) is 5.62. The molecular weight excluding hydrogens is 530 g/mol. The van der Waals surface area contributed by atoms with Gasteiger partial charge >= 0.3 is 0 Å². The van der Waals surface area contributed by atoms with Crippen LogP contribution in [0.3, 0.4) is 0 Å². The second-order valence-electron chi connectivity index (χ2n) is 9.22. The molecule has 0 spiro atoms. The number of hydrogen-bond acceptors (Lipinski definition) is 9. The SMILES string of the molecule is COc1ccc(NC(=O)c2cccc(C(C)(C)C#N)c2)cc1Oc1ccc2nc(NC(=O)c3cocn3)sc2c1. The number of nitriles is 1. The highest BCUT2D eigenvalue weighted by Crippen LogP contribution is 2.37. The largest absolute Gasteiger partial charge is 0.493 e. The zero-order valence-corrected chi connectivity index (χ0v) is 22.5. The lowest BCUT2D eigenvalue weighted by Crippen LogP contribution is -2.17. The molecule has 3 aromatic carbocycles. The molecule has 0 saturated heterocycles. The number of rotatable bonds is 8. The molecule has 0 radical (unpaired) electrons. The predicted molar refractivity (Wildman–Crippen MR) is 150 cm³/mol. The smallest absolute Gasteiger partial charge is 0.279 e. The van der Waals surface area contributed by atoms with Crippen molar-refractivity contribution in [3.63, 3.8) is 0 Å². The average Bonchev–Trinajstić information content (AvgIpc) is 3.63. The van der Waals surface area contributed by atoms with Crippen LogP contribution in [0.5, 0.6) is 17.2 Å². The molecule has 0 atom stereocenters. The second-order valence-corrected chi connectivity index (χ2v) is 10.2. The Labute approximate surface area is 233 Å². The minimum atomic E-state index is -0.722. The summed E-state index contributed by atoms with van der Waals surface area (Å²) in [6.45, 7) is 3.60. The molecule has 200 valence electrons. The average molecular weight is 554 g/mol. The van der Waals surface area contributed by atoms with Crippen LogP contribution < -0.4 is 20.1 Å². The molecule has 2 heterocycles. The van der Waals surface area contributed by atoms with Crippen molar-refractivity contribution in [2.45, 2.75) is 19.3 Å². The molecule has 0 aliphatic carbocycles. The van der Waals surface area contributed by atoms with E-state index in [9.17, 15) is 14.9 Å². The van der Waals surface area contributed by atoms with Crippen molar-refractivity contribution >= 4 is 44.2 Å². The van der Waals surface area contributed by atoms with Crippen molar-refractivity contribution in [3.8, 4) is 23.3 Å². The Balaban J connectivity index is 1.34. The Morgan fingerprint density at radius 3 is 2.62 bits per heavy atom. The maximum absolute atomic E-state index is 13.0. The van der Waals surface area contributed by atoms with Gasteiger partial charge in [-0.2, -0.15) is 5.26 Å². The van der Waals surface area contributed by atoms with E-state index >= 15 is 0 Å². The number of hydrogen-bond donors (Lipinski definition) is 2. The summed E-state index contributed by atoms with van der Waals surface area (Å²) in [5, 5.41) is 15.4. The van der Waals surface area contributed by atoms with Gasteiger partial charge in [0, 0.05) is 23.4 Å². The van der Waals surface area contributed by atoms with E-state index in [0.717, 1.165) is 10.3 Å². The fourth-order valence-corrected chi connectivity index (χ4v) is 4.68. The van der Waals surface area contributed by atoms with Gasteiger partial charge in [-0.25, -0.2) is 9.97 Å². The zero-order valence-electron chi connectivity index (χ0n) is 21.7. The normalized spacial score (nSPS) is 11.1. The van der Waals surface area contributed by atoms with Gasteiger partial charge in [0.25, 0.3) is 11.8 Å². The molecule has 0 aliphatic rings. The van der Waals surface area contributed by atoms with Crippen molar-refractivity contribution < 1.29 is 23.5 Å². The van der Waals surface area contributed by atoms with Crippen LogP contribution in [0.4, 0.5) is 10.8 Å². The van der Waals surface area contributed by atoms with Crippen molar-refractivity contribution in [3.05, 3.63) is 90.1 Å². The summed E-state index contributed by atoms with van der Waals surface area (Å²) in [5.74, 6) is 0.633. The lowest BCUT2D eigenvalue weighted by Gasteiger charge is -2.17. The van der Waals surface area contributed by atoms with Crippen LogP contribution in [0.15, 0.2) is 77.7 Å². The van der Waals surface area contributed by atoms with E-state index in [1.54, 1.807) is 68.4 Å². The van der Waals surface area contributed by atoms with Gasteiger partial charge in [-0.15, -0.1) is 0 Å². The third-order valence-electron chi connectivity index (χ3n) is 6.02. The number of carbonyl (C=O) groups is 2. The Morgan fingerprint density at radius 2 is 1.88 bits per heavy atom. The number of methoxy groups -OCH3 is 1. The summed E-state index contributed by atoms with van der Waals surface area (Å²) in [4.78, 5) is 33.5. The monoisotopic (exact) mass is 553 g/mol. The van der Waals surface area contributed by atoms with E-state index in [-0.39, 0.29) is 11.6 Å². The van der Waals surface area contributed by atoms with Crippen molar-refractivity contribution in [1.29, 1.82) is 5.26 Å². The number of fused-ring (bicyclic) bond motifs is 1. The number of anilines is 2. The number of aromatic nitrogens is 2. The van der Waals surface area contributed by atoms with Gasteiger partial charge in [0.2, 0.25) is 0 Å². The summed E-state index contributed by atoms with van der Waals surface area (Å²) in [5.41, 5.74) is 1.80. The topological polar surface area (TPSA) is 139 Å². The Bertz CT molecular complexity index is 1750. The minimum Gasteiger partial charge on any atom is -0.493 e. The number of nitrogens with one attached hydrogen (secondary N) is 2. The van der Waals surface area contributed by atoms with Gasteiger partial charge in [0.05, 0.1) is 28.8 Å². The lowest BCUT2D eigenvalue weighted by atomic mass is 9.85. The first-order chi connectivity index (χ1) is 19.3. The van der Waals surface area contributed by atoms with Crippen molar-refractivity contribution in [2.75, 3.05) is 17.7 Å². The number of benzene rings is 3. The zero-order chi connectivity index (χ0) is 28.3. The van der Waals surface area contributed by atoms with E-state index in [4.69, 9.17) is 13.9 Å². The van der Waals surface area contributed by atoms with E-state index in [1.165, 1.54) is 31.1 Å². The number of nitrogens with zero attached hydrogens (tertiary/aromatic N) is 3. The van der Waals surface area contributed by atoms with Gasteiger partial charge in [0.15, 0.2) is 28.7 Å². The van der Waals surface area contributed by atoms with Crippen LogP contribution in [0.2, 0.25) is 0 Å². The van der Waals surface area contributed by atoms with E-state index in [0.29, 0.717) is 39.1 Å². The molecule has 11 heteroatoms. The van der Waals surface area contributed by atoms with Crippen LogP contribution >= 0.6 is 11.3 Å². The number of ether oxygens (including phenoxy) is 2. The van der Waals surface area contributed by atoms with Gasteiger partial charge in [-0.3, -0.25) is 14.9 Å². The molecule has 40 heavy (non-hydrogen) atoms. The number of carbonyl (C=O) groups excluding carboxylic acids is 2. The number of amides is 2. The molecule has 10 nitrogen and oxygen atoms in total. The lowest BCUT2D eigenvalue weighted by molar-refractivity contribution is 0.101. The fourth-order valence-electron chi connectivity index (χ4n) is 3.79. The molecule has 0 bridgehead atoms. The molecule has 2 aromatic heterocycles. The molecule has 0 unspecified atom stereocenters. The first kappa shape index (κ1) is 26.4. The van der Waals surface area contributed by atoms with Crippen LogP contribution in [0.25, 0.3) is 10.2 Å². The Hall–Kier alpha value is -5.21. The van der Waals surface area contributed by atoms with Crippen molar-refractivity contribution in [2.24, 2.45) is 0 Å². The van der Waals surface area contributed by atoms with Gasteiger partial charge in [-0.1, -0.05) is 23.5 Å². The summed E-state index contributed by atoms with van der Waals surface area (Å²) < 4.78 is 17.2. The predicted octanol–water partition coefficient (Wildman–Crippen LogP) is 6.39. The van der Waals surface area contributed by atoms with E-state index in [1.807, 2.05) is 6.07 Å². The van der Waals surface area contributed by atoms with Crippen molar-refractivity contribution in [1.82, 2.24) is 9.97 Å². The molecule has 0 aliphatic heterocycles. The van der Waals surface area contributed by atoms with E-state index < -0.39 is 11.3 Å². The minimum absolute atomic E-state index is 0.154. The molecule has 5 aromatic rings. The summed E-state index contributed by atoms with van der Waals surface area (Å²) >= 11 is 1.28. The number of thiazole rings is 1. The highest BCUT2D eigenvalue weighted by atomic mass is 32.1. The second kappa shape index (κ2) is 10.9. The molecule has 0 saturated carbocycles. The molecule has 2 N–H and O–H groups in total. The Morgan fingerprint density at radius 1 is 1.02 bits per heavy atom. The first-order valence-electron chi connectivity index (χ1n) is 12.0. The van der Waals surface area contributed by atoms with Gasteiger partial charge < -0.3 is 19.2 Å². The van der Waals surface area contributed by atoms with Gasteiger partial charge in [0.1, 0.15) is 12.0 Å². The molecule has 2 amide bonds. The van der Waals surface area contributed by atoms with Crippen LogP contribution in [0, 0.1) is 11.3 Å². The number of oxazole rings is 1. The van der Waals surface area contributed by atoms with E-state index in [2.05, 4.69) is 26.7 Å². The highest BCUT2D eigenvalue weighted by molar-refractivity contribution is 7.22. The third-order valence-corrected chi connectivity index (χ3v) is 6.95. The quantitative estimate of drug-likeness (QED) is 0.225. The van der Waals surface area contributed by atoms with Crippen LogP contribution in [-0.4, -0.2) is 28.9 Å². The molecular formula is C29H23N5O5S. The fraction of sp³-hybridized carbons (Fsp3) is 0.138. The Kier molecular flexibility index (Phi) is 7.18. The summed E-state index contributed by atoms with van der Waals surface area (Å²) in [7, 11) is 1.53. The summed E-state index contributed by atoms with van der Waals surface area (Å²) in [6, 6.07) is 19.6. The van der Waals surface area contributed by atoms with Crippen LogP contribution in [-0.2, 0) is 5.41 Å². The standard InChI is InChI=1S/C29H23N5O5S/c1-29(2,15-30)18-6-4-5-17(11-18)26(35)32-19-7-10-23(37-3)24(12-19)39-20-8-9-21-25(13-20)40-28(33-21)34-27(36)22-14-38-16-31-22/h4-14,16H,1-3H3,(H,32,35)(H,33,34,36). The molecule has 5 rings (SSSR count). The molecule has 0 fully saturated rings.